The van der Waals surface area contributed by atoms with Crippen LogP contribution < -0.4 is 0 Å². The maximum absolute atomic E-state index is 13.1. The van der Waals surface area contributed by atoms with Crippen LogP contribution in [-0.4, -0.2) is 27.1 Å². The van der Waals surface area contributed by atoms with Crippen LogP contribution in [-0.2, 0) is 9.59 Å². The molecule has 0 aromatic heterocycles. The third-order valence-electron chi connectivity index (χ3n) is 10.2. The fourth-order valence-corrected chi connectivity index (χ4v) is 7.22. The van der Waals surface area contributed by atoms with Crippen LogP contribution in [0.4, 0.5) is 0 Å². The summed E-state index contributed by atoms with van der Waals surface area (Å²) in [7, 11) is 0. The number of allylic oxidation sites excluding steroid dienone is 4. The lowest BCUT2D eigenvalue weighted by Gasteiger charge is -2.66. The smallest absolute Gasteiger partial charge is 0.309 e. The minimum absolute atomic E-state index is 0.00890. The zero-order chi connectivity index (χ0) is 25.7. The summed E-state index contributed by atoms with van der Waals surface area (Å²) in [6, 6.07) is 0. The van der Waals surface area contributed by atoms with Gasteiger partial charge in [-0.15, -0.1) is 0 Å². The largest absolute Gasteiger partial charge is 0.504 e. The van der Waals surface area contributed by atoms with E-state index in [9.17, 15) is 24.9 Å². The lowest BCUT2D eigenvalue weighted by atomic mass is 9.39. The number of hydrogen-bond donors (Lipinski definition) is 3. The molecule has 2 fully saturated rings. The Balaban J connectivity index is 1.95. The fourth-order valence-electron chi connectivity index (χ4n) is 7.22. The summed E-state index contributed by atoms with van der Waals surface area (Å²) in [5, 5.41) is 30.2. The van der Waals surface area contributed by atoms with Crippen molar-refractivity contribution >= 4 is 11.8 Å². The molecule has 0 saturated heterocycles. The van der Waals surface area contributed by atoms with Gasteiger partial charge in [-0.25, -0.2) is 0 Å². The molecule has 0 aliphatic heterocycles. The monoisotopic (exact) mass is 472 g/mol. The molecule has 0 spiro atoms. The number of aliphatic hydroxyl groups is 2. The van der Waals surface area contributed by atoms with Crippen molar-refractivity contribution in [3.8, 4) is 0 Å². The van der Waals surface area contributed by atoms with Crippen molar-refractivity contribution in [3.05, 3.63) is 35.3 Å². The Morgan fingerprint density at radius 2 is 1.74 bits per heavy atom. The molecule has 0 unspecified atom stereocenters. The highest BCUT2D eigenvalue weighted by Crippen LogP contribution is 2.70. The second kappa shape index (κ2) is 8.57. The molecule has 0 aromatic rings. The Morgan fingerprint density at radius 1 is 1.09 bits per heavy atom. The molecule has 0 bridgehead atoms. The first kappa shape index (κ1) is 26.6. The van der Waals surface area contributed by atoms with Gasteiger partial charge < -0.3 is 15.3 Å². The lowest BCUT2D eigenvalue weighted by Crippen LogP contribution is -2.58. The van der Waals surface area contributed by atoms with E-state index in [1.807, 2.05) is 19.9 Å². The van der Waals surface area contributed by atoms with Gasteiger partial charge in [0, 0.05) is 6.42 Å². The van der Waals surface area contributed by atoms with Crippen LogP contribution in [0.25, 0.3) is 0 Å². The van der Waals surface area contributed by atoms with Crippen LogP contribution in [0.2, 0.25) is 0 Å². The molecule has 5 nitrogen and oxygen atoms in total. The first-order chi connectivity index (χ1) is 15.5. The van der Waals surface area contributed by atoms with Crippen molar-refractivity contribution in [2.24, 2.45) is 33.0 Å². The number of carbonyl (C=O) groups excluding carboxylic acids is 1. The van der Waals surface area contributed by atoms with Gasteiger partial charge in [0.1, 0.15) is 0 Å². The molecular weight excluding hydrogens is 428 g/mol. The topological polar surface area (TPSA) is 94.8 Å². The molecule has 190 valence electrons. The first-order valence-electron chi connectivity index (χ1n) is 12.7. The molecular formula is C29H44O5. The third kappa shape index (κ3) is 4.59. The van der Waals surface area contributed by atoms with Crippen molar-refractivity contribution in [2.75, 3.05) is 0 Å². The van der Waals surface area contributed by atoms with Crippen molar-refractivity contribution in [1.82, 2.24) is 0 Å². The minimum Gasteiger partial charge on any atom is -0.504 e. The summed E-state index contributed by atoms with van der Waals surface area (Å²) in [6.07, 6.45) is 12.0. The molecule has 3 N–H and O–H groups in total. The molecule has 0 radical (unpaired) electrons. The maximum Gasteiger partial charge on any atom is 0.309 e. The second-order valence-electron chi connectivity index (χ2n) is 13.3. The fraction of sp³-hybridized carbons (Fsp3) is 0.724. The zero-order valence-electron chi connectivity index (χ0n) is 22.1. The van der Waals surface area contributed by atoms with E-state index in [4.69, 9.17) is 0 Å². The average molecular weight is 473 g/mol. The van der Waals surface area contributed by atoms with Crippen molar-refractivity contribution in [1.29, 1.82) is 0 Å². The number of ketones is 1. The Bertz CT molecular complexity index is 956. The summed E-state index contributed by atoms with van der Waals surface area (Å²) in [5.41, 5.74) is -0.561. The molecule has 5 atom stereocenters. The molecule has 0 heterocycles. The van der Waals surface area contributed by atoms with Gasteiger partial charge in [-0.05, 0) is 111 Å². The molecule has 3 rings (SSSR count). The molecule has 0 amide bonds. The highest BCUT2D eigenvalue weighted by Gasteiger charge is 2.61. The van der Waals surface area contributed by atoms with Gasteiger partial charge in [-0.1, -0.05) is 33.8 Å². The summed E-state index contributed by atoms with van der Waals surface area (Å²) < 4.78 is 0. The number of aliphatic carboxylic acids is 1. The van der Waals surface area contributed by atoms with Crippen molar-refractivity contribution in [3.63, 3.8) is 0 Å². The van der Waals surface area contributed by atoms with E-state index in [0.29, 0.717) is 18.4 Å². The number of aliphatic hydroxyl groups excluding tert-OH is 2. The second-order valence-corrected chi connectivity index (χ2v) is 13.3. The van der Waals surface area contributed by atoms with E-state index in [-0.39, 0.29) is 44.9 Å². The highest BCUT2D eigenvalue weighted by molar-refractivity contribution is 5.91. The number of rotatable bonds is 4. The van der Waals surface area contributed by atoms with Gasteiger partial charge in [0.05, 0.1) is 5.41 Å². The van der Waals surface area contributed by atoms with Gasteiger partial charge in [-0.2, -0.15) is 0 Å². The lowest BCUT2D eigenvalue weighted by molar-refractivity contribution is -0.160. The maximum atomic E-state index is 13.1. The molecule has 2 saturated carbocycles. The van der Waals surface area contributed by atoms with Gasteiger partial charge in [0.15, 0.2) is 17.3 Å². The predicted molar refractivity (Wildman–Crippen MR) is 134 cm³/mol. The van der Waals surface area contributed by atoms with Crippen molar-refractivity contribution in [2.45, 2.75) is 99.8 Å². The Morgan fingerprint density at radius 3 is 2.35 bits per heavy atom. The molecule has 3 aliphatic carbocycles. The zero-order valence-corrected chi connectivity index (χ0v) is 22.1. The molecule has 5 heteroatoms. The van der Waals surface area contributed by atoms with E-state index in [2.05, 4.69) is 27.7 Å². The quantitative estimate of drug-likeness (QED) is 0.399. The number of fused-ring (bicyclic) bond motifs is 3. The SMILES string of the molecule is CC1=CC(=O)C[C@H]2[C@](C)(/C=C\C(O)=C1O)CC[C@@]1(C)C[C@](C)(CCC(C)(C)C(=O)O)CC[C@]21C. The minimum atomic E-state index is -0.741. The molecule has 34 heavy (non-hydrogen) atoms. The van der Waals surface area contributed by atoms with Crippen LogP contribution in [0.15, 0.2) is 35.3 Å². The van der Waals surface area contributed by atoms with Crippen LogP contribution in [0.3, 0.4) is 0 Å². The summed E-state index contributed by atoms with van der Waals surface area (Å²) in [5.74, 6) is -1.07. The highest BCUT2D eigenvalue weighted by atomic mass is 16.4. The Labute approximate surface area is 205 Å². The summed E-state index contributed by atoms with van der Waals surface area (Å²) in [4.78, 5) is 24.8. The first-order valence-corrected chi connectivity index (χ1v) is 12.7. The Kier molecular flexibility index (Phi) is 6.69. The van der Waals surface area contributed by atoms with Gasteiger partial charge >= 0.3 is 5.97 Å². The van der Waals surface area contributed by atoms with Crippen LogP contribution >= 0.6 is 0 Å². The van der Waals surface area contributed by atoms with E-state index in [1.165, 1.54) is 6.08 Å². The number of carboxylic acids is 1. The van der Waals surface area contributed by atoms with Crippen molar-refractivity contribution < 1.29 is 24.9 Å². The average Bonchev–Trinajstić information content (AvgIpc) is 2.74. The van der Waals surface area contributed by atoms with Gasteiger partial charge in [0.2, 0.25) is 0 Å². The Hall–Kier alpha value is -2.04. The van der Waals surface area contributed by atoms with Crippen LogP contribution in [0, 0.1) is 33.0 Å². The van der Waals surface area contributed by atoms with E-state index < -0.39 is 11.4 Å². The molecule has 0 aromatic carbocycles. The van der Waals surface area contributed by atoms with E-state index in [1.54, 1.807) is 13.0 Å². The number of carbonyl (C=O) groups is 2. The van der Waals surface area contributed by atoms with E-state index >= 15 is 0 Å². The van der Waals surface area contributed by atoms with Gasteiger partial charge in [0.25, 0.3) is 0 Å². The third-order valence-corrected chi connectivity index (χ3v) is 10.2. The van der Waals surface area contributed by atoms with Gasteiger partial charge in [-0.3, -0.25) is 9.59 Å². The van der Waals surface area contributed by atoms with E-state index in [0.717, 1.165) is 38.5 Å². The summed E-state index contributed by atoms with van der Waals surface area (Å²) in [6.45, 7) is 14.5. The number of hydrogen-bond acceptors (Lipinski definition) is 4. The van der Waals surface area contributed by atoms with Crippen LogP contribution in [0.1, 0.15) is 99.8 Å². The number of carboxylic acid groups (broad SMARTS) is 1. The predicted octanol–water partition coefficient (Wildman–Crippen LogP) is 7.30. The molecule has 3 aliphatic rings. The summed E-state index contributed by atoms with van der Waals surface area (Å²) >= 11 is 0. The normalized spacial score (nSPS) is 40.1. The standard InChI is InChI=1S/C29H44O5/c1-19-16-20(30)17-22-27(5,9-8-21(31)23(19)32)13-14-28(6)18-26(4,12-15-29(22,28)7)11-10-25(2,3)24(33)34/h8-9,16,22,31-32H,10-15,17-18H2,1-7H3,(H,33,34)/b9-8-,19-16?,23-21?/t22-,26+,27+,28-,29+/m0/s1. The van der Waals surface area contributed by atoms with Crippen LogP contribution in [0.5, 0.6) is 0 Å².